The Morgan fingerprint density at radius 3 is 2.51 bits per heavy atom. The Bertz CT molecular complexity index is 1500. The van der Waals surface area contributed by atoms with E-state index in [2.05, 4.69) is 48.9 Å². The Kier molecular flexibility index (Phi) is 9.68. The number of rotatable bonds is 10. The molecule has 3 N–H and O–H groups in total. The second-order valence-electron chi connectivity index (χ2n) is 11.8. The molecule has 1 fully saturated rings. The Hall–Kier alpha value is -3.29. The number of benzene rings is 2. The van der Waals surface area contributed by atoms with Crippen molar-refractivity contribution in [1.82, 2.24) is 9.88 Å². The Morgan fingerprint density at radius 1 is 1.02 bits per heavy atom. The topological polar surface area (TPSA) is 89.8 Å². The van der Waals surface area contributed by atoms with Crippen molar-refractivity contribution in [3.63, 3.8) is 0 Å². The number of nitrogens with one attached hydrogen (secondary N) is 1. The number of nitrogens with zero attached hydrogens (tertiary/aromatic N) is 1. The molecule has 0 radical (unpaired) electrons. The van der Waals surface area contributed by atoms with Gasteiger partial charge in [0.15, 0.2) is 0 Å². The van der Waals surface area contributed by atoms with Gasteiger partial charge in [0.25, 0.3) is 5.56 Å². The van der Waals surface area contributed by atoms with Gasteiger partial charge in [-0.15, -0.1) is 0 Å². The molecule has 2 aromatic carbocycles. The van der Waals surface area contributed by atoms with Crippen LogP contribution in [0, 0.1) is 5.92 Å². The second kappa shape index (κ2) is 13.6. The molecular formula is C34H45N3O4. The van der Waals surface area contributed by atoms with Crippen molar-refractivity contribution in [3.8, 4) is 11.5 Å². The maximum absolute atomic E-state index is 13.6. The summed E-state index contributed by atoms with van der Waals surface area (Å²) in [5.74, 6) is 2.22. The summed E-state index contributed by atoms with van der Waals surface area (Å²) < 4.78 is 17.4. The van der Waals surface area contributed by atoms with Gasteiger partial charge in [-0.05, 0) is 80.0 Å². The van der Waals surface area contributed by atoms with Crippen LogP contribution in [0.15, 0.2) is 47.3 Å². The van der Waals surface area contributed by atoms with Crippen molar-refractivity contribution < 1.29 is 14.2 Å². The zero-order valence-electron chi connectivity index (χ0n) is 24.8. The zero-order valence-corrected chi connectivity index (χ0v) is 24.8. The summed E-state index contributed by atoms with van der Waals surface area (Å²) in [6.07, 6.45) is 4.79. The third kappa shape index (κ3) is 7.14. The van der Waals surface area contributed by atoms with E-state index in [0.29, 0.717) is 30.0 Å². The minimum atomic E-state index is -0.144. The highest BCUT2D eigenvalue weighted by atomic mass is 16.5. The molecule has 1 aliphatic heterocycles. The van der Waals surface area contributed by atoms with E-state index < -0.39 is 0 Å². The number of hydrogen-bond acceptors (Lipinski definition) is 6. The van der Waals surface area contributed by atoms with Crippen molar-refractivity contribution in [2.75, 3.05) is 46.1 Å². The van der Waals surface area contributed by atoms with Crippen LogP contribution >= 0.6 is 0 Å². The molecule has 1 atom stereocenters. The third-order valence-electron chi connectivity index (χ3n) is 8.36. The minimum Gasteiger partial charge on any atom is -0.494 e. The lowest BCUT2D eigenvalue weighted by atomic mass is 9.86. The maximum atomic E-state index is 13.6. The number of pyridine rings is 1. The summed E-state index contributed by atoms with van der Waals surface area (Å²) in [6.45, 7) is 12.4. The Morgan fingerprint density at radius 2 is 1.76 bits per heavy atom. The van der Waals surface area contributed by atoms with Gasteiger partial charge in [-0.25, -0.2) is 0 Å². The standard InChI is InChI=1S/C34H45N3O4/c1-23(2)14-19-41-26-10-8-25(9-11-26)28-7-4-6-24(3)31-29-13-12-27(22-30(29)36-34(38)32(31)33(28)35)40-18-5-15-37-16-20-39-21-17-37/h8-13,22-23,28H,4-7,14-21,35H2,1-3H3,(H,36,38)/b31-24?,33-32-. The minimum absolute atomic E-state index is 0.0285. The summed E-state index contributed by atoms with van der Waals surface area (Å²) in [6, 6.07) is 14.3. The number of nitrogens with two attached hydrogens (primary N) is 1. The first-order valence-electron chi connectivity index (χ1n) is 15.2. The summed E-state index contributed by atoms with van der Waals surface area (Å²) >= 11 is 0. The van der Waals surface area contributed by atoms with Crippen molar-refractivity contribution >= 4 is 22.2 Å². The first kappa shape index (κ1) is 29.2. The summed E-state index contributed by atoms with van der Waals surface area (Å²) in [5.41, 5.74) is 10.5. The van der Waals surface area contributed by atoms with E-state index in [-0.39, 0.29) is 11.5 Å². The van der Waals surface area contributed by atoms with Crippen LogP contribution in [0.4, 0.5) is 0 Å². The van der Waals surface area contributed by atoms with Gasteiger partial charge in [0.05, 0.1) is 37.2 Å². The van der Waals surface area contributed by atoms with Crippen LogP contribution in [-0.4, -0.2) is 55.9 Å². The van der Waals surface area contributed by atoms with Gasteiger partial charge in [0.1, 0.15) is 11.5 Å². The maximum Gasteiger partial charge on any atom is 0.258 e. The lowest BCUT2D eigenvalue weighted by Gasteiger charge is -2.26. The van der Waals surface area contributed by atoms with Crippen LogP contribution in [0.5, 0.6) is 11.5 Å². The predicted octanol–water partition coefficient (Wildman–Crippen LogP) is 4.26. The molecular weight excluding hydrogens is 514 g/mol. The number of morpholine rings is 1. The molecule has 0 saturated carbocycles. The van der Waals surface area contributed by atoms with Gasteiger partial charge >= 0.3 is 0 Å². The fraction of sp³-hybridized carbons (Fsp3) is 0.500. The van der Waals surface area contributed by atoms with E-state index in [0.717, 1.165) is 98.1 Å². The number of hydrogen-bond donors (Lipinski definition) is 2. The molecule has 3 aromatic rings. The fourth-order valence-electron chi connectivity index (χ4n) is 5.97. The number of ether oxygens (including phenoxy) is 3. The molecule has 220 valence electrons. The molecule has 5 rings (SSSR count). The van der Waals surface area contributed by atoms with E-state index in [1.165, 1.54) is 5.57 Å². The highest BCUT2D eigenvalue weighted by molar-refractivity contribution is 5.83. The molecule has 0 amide bonds. The van der Waals surface area contributed by atoms with Crippen molar-refractivity contribution in [2.24, 2.45) is 11.7 Å². The van der Waals surface area contributed by atoms with E-state index in [1.807, 2.05) is 24.3 Å². The van der Waals surface area contributed by atoms with Gasteiger partial charge in [0.2, 0.25) is 0 Å². The molecule has 7 nitrogen and oxygen atoms in total. The average Bonchev–Trinajstić information content (AvgIpc) is 2.96. The van der Waals surface area contributed by atoms with Crippen molar-refractivity contribution in [1.29, 1.82) is 0 Å². The van der Waals surface area contributed by atoms with E-state index in [9.17, 15) is 4.79 Å². The summed E-state index contributed by atoms with van der Waals surface area (Å²) in [7, 11) is 0. The zero-order chi connectivity index (χ0) is 28.8. The molecule has 7 heteroatoms. The third-order valence-corrected chi connectivity index (χ3v) is 8.36. The number of H-pyrrole nitrogens is 1. The average molecular weight is 560 g/mol. The largest absolute Gasteiger partial charge is 0.494 e. The molecule has 0 spiro atoms. The van der Waals surface area contributed by atoms with E-state index in [4.69, 9.17) is 19.9 Å². The van der Waals surface area contributed by atoms with Crippen LogP contribution < -0.4 is 31.2 Å². The summed E-state index contributed by atoms with van der Waals surface area (Å²) in [4.78, 5) is 19.1. The number of aromatic nitrogens is 1. The van der Waals surface area contributed by atoms with Gasteiger partial charge < -0.3 is 24.9 Å². The normalized spacial score (nSPS) is 19.6. The summed E-state index contributed by atoms with van der Waals surface area (Å²) in [5, 5.41) is 2.59. The van der Waals surface area contributed by atoms with Crippen LogP contribution in [0.3, 0.4) is 0 Å². The highest BCUT2D eigenvalue weighted by Crippen LogP contribution is 2.30. The van der Waals surface area contributed by atoms with E-state index >= 15 is 0 Å². The van der Waals surface area contributed by atoms with Crippen LogP contribution in [0.25, 0.3) is 22.2 Å². The highest BCUT2D eigenvalue weighted by Gasteiger charge is 2.20. The molecule has 1 aromatic heterocycles. The molecule has 41 heavy (non-hydrogen) atoms. The Labute approximate surface area is 243 Å². The lowest BCUT2D eigenvalue weighted by molar-refractivity contribution is 0.0358. The van der Waals surface area contributed by atoms with Gasteiger partial charge in [0, 0.05) is 42.7 Å². The first-order valence-corrected chi connectivity index (χ1v) is 15.2. The van der Waals surface area contributed by atoms with Crippen LogP contribution in [0.2, 0.25) is 0 Å². The van der Waals surface area contributed by atoms with Crippen LogP contribution in [0.1, 0.15) is 64.4 Å². The molecule has 2 heterocycles. The van der Waals surface area contributed by atoms with Gasteiger partial charge in [-0.1, -0.05) is 31.6 Å². The Balaban J connectivity index is 1.40. The fourth-order valence-corrected chi connectivity index (χ4v) is 5.97. The van der Waals surface area contributed by atoms with E-state index in [1.54, 1.807) is 0 Å². The molecule has 1 unspecified atom stereocenters. The predicted molar refractivity (Wildman–Crippen MR) is 166 cm³/mol. The molecule has 0 bridgehead atoms. The van der Waals surface area contributed by atoms with Crippen LogP contribution in [-0.2, 0) is 4.74 Å². The molecule has 2 aliphatic rings. The number of fused-ring (bicyclic) bond motifs is 3. The quantitative estimate of drug-likeness (QED) is 0.361. The monoisotopic (exact) mass is 559 g/mol. The van der Waals surface area contributed by atoms with Crippen molar-refractivity contribution in [2.45, 2.75) is 58.8 Å². The lowest BCUT2D eigenvalue weighted by Crippen LogP contribution is -2.47. The smallest absolute Gasteiger partial charge is 0.258 e. The number of aromatic amines is 1. The van der Waals surface area contributed by atoms with Gasteiger partial charge in [-0.2, -0.15) is 0 Å². The molecule has 1 aliphatic carbocycles. The molecule has 1 saturated heterocycles. The SMILES string of the molecule is CC1=c2/c(c(=O)[nH]c3cc(OCCCN4CCOCC4)ccc23)=C(/N)C(c2ccc(OCCC(C)C)cc2)CCC1. The first-order chi connectivity index (χ1) is 19.9. The second-order valence-corrected chi connectivity index (χ2v) is 11.8. The van der Waals surface area contributed by atoms with Crippen molar-refractivity contribution in [3.05, 3.63) is 68.8 Å². The van der Waals surface area contributed by atoms with Gasteiger partial charge in [-0.3, -0.25) is 9.69 Å².